The lowest BCUT2D eigenvalue weighted by molar-refractivity contribution is -0.117. The van der Waals surface area contributed by atoms with Crippen molar-refractivity contribution in [2.45, 2.75) is 25.9 Å². The predicted octanol–water partition coefficient (Wildman–Crippen LogP) is 4.62. The maximum absolute atomic E-state index is 13.1. The minimum Gasteiger partial charge on any atom is -0.497 e. The molecule has 0 unspecified atom stereocenters. The van der Waals surface area contributed by atoms with Gasteiger partial charge in [0.1, 0.15) is 5.75 Å². The van der Waals surface area contributed by atoms with Crippen LogP contribution in [-0.2, 0) is 11.3 Å². The van der Waals surface area contributed by atoms with Crippen LogP contribution in [0.1, 0.15) is 51.2 Å². The molecule has 4 rings (SSSR count). The highest BCUT2D eigenvalue weighted by atomic mass is 16.5. The number of nitrogens with zero attached hydrogens (tertiary/aromatic N) is 1. The summed E-state index contributed by atoms with van der Waals surface area (Å²) in [5.41, 5.74) is 3.67. The SMILES string of the molecule is COc1ccc([C@@H](CC(=O)Nc2ccc(C(C)=O)cc2)N2Cc3ccccc3C2=O)cc1. The van der Waals surface area contributed by atoms with Gasteiger partial charge in [0.25, 0.3) is 5.91 Å². The standard InChI is InChI=1S/C26H24N2O4/c1-17(29)18-7-11-21(12-8-18)27-25(30)15-24(19-9-13-22(32-2)14-10-19)28-16-20-5-3-4-6-23(20)26(28)31/h3-14,24H,15-16H2,1-2H3,(H,27,30)/t24-/m1/s1. The Bertz CT molecular complexity index is 1150. The molecule has 162 valence electrons. The number of rotatable bonds is 7. The van der Waals surface area contributed by atoms with Gasteiger partial charge >= 0.3 is 0 Å². The maximum Gasteiger partial charge on any atom is 0.255 e. The molecule has 0 spiro atoms. The fourth-order valence-corrected chi connectivity index (χ4v) is 3.94. The molecule has 1 heterocycles. The number of amides is 2. The summed E-state index contributed by atoms with van der Waals surface area (Å²) in [5, 5.41) is 2.88. The molecule has 0 bridgehead atoms. The van der Waals surface area contributed by atoms with Gasteiger partial charge in [-0.1, -0.05) is 30.3 Å². The molecule has 0 fully saturated rings. The Kier molecular flexibility index (Phi) is 6.03. The summed E-state index contributed by atoms with van der Waals surface area (Å²) in [4.78, 5) is 39.3. The quantitative estimate of drug-likeness (QED) is 0.557. The number of carbonyl (C=O) groups excluding carboxylic acids is 3. The van der Waals surface area contributed by atoms with Crippen molar-refractivity contribution < 1.29 is 19.1 Å². The van der Waals surface area contributed by atoms with Gasteiger partial charge in [-0.25, -0.2) is 0 Å². The normalized spacial score (nSPS) is 13.4. The van der Waals surface area contributed by atoms with Gasteiger partial charge in [-0.05, 0) is 60.5 Å². The van der Waals surface area contributed by atoms with Crippen LogP contribution in [0.5, 0.6) is 5.75 Å². The number of nitrogens with one attached hydrogen (secondary N) is 1. The van der Waals surface area contributed by atoms with Crippen molar-refractivity contribution in [2.24, 2.45) is 0 Å². The van der Waals surface area contributed by atoms with Crippen molar-refractivity contribution >= 4 is 23.3 Å². The second kappa shape index (κ2) is 9.06. The average molecular weight is 428 g/mol. The van der Waals surface area contributed by atoms with Crippen LogP contribution in [0.25, 0.3) is 0 Å². The summed E-state index contributed by atoms with van der Waals surface area (Å²) in [5.74, 6) is 0.373. The number of carbonyl (C=O) groups is 3. The van der Waals surface area contributed by atoms with E-state index in [2.05, 4.69) is 5.32 Å². The Morgan fingerprint density at radius 3 is 2.31 bits per heavy atom. The van der Waals surface area contributed by atoms with E-state index in [0.717, 1.165) is 11.1 Å². The van der Waals surface area contributed by atoms with E-state index in [1.165, 1.54) is 6.92 Å². The Morgan fingerprint density at radius 2 is 1.69 bits per heavy atom. The van der Waals surface area contributed by atoms with Gasteiger partial charge in [0.2, 0.25) is 5.91 Å². The summed E-state index contributed by atoms with van der Waals surface area (Å²) in [6, 6.07) is 21.3. The van der Waals surface area contributed by atoms with E-state index in [1.54, 1.807) is 36.3 Å². The van der Waals surface area contributed by atoms with Gasteiger partial charge in [-0.2, -0.15) is 0 Å². The molecule has 6 nitrogen and oxygen atoms in total. The van der Waals surface area contributed by atoms with Gasteiger partial charge in [0.05, 0.1) is 19.6 Å². The minimum atomic E-state index is -0.433. The van der Waals surface area contributed by atoms with Gasteiger partial charge in [-0.3, -0.25) is 14.4 Å². The van der Waals surface area contributed by atoms with Crippen molar-refractivity contribution in [1.82, 2.24) is 4.90 Å². The lowest BCUT2D eigenvalue weighted by Crippen LogP contribution is -2.32. The smallest absolute Gasteiger partial charge is 0.255 e. The molecular weight excluding hydrogens is 404 g/mol. The Balaban J connectivity index is 1.57. The van der Waals surface area contributed by atoms with Crippen LogP contribution < -0.4 is 10.1 Å². The lowest BCUT2D eigenvalue weighted by atomic mass is 10.0. The highest BCUT2D eigenvalue weighted by Gasteiger charge is 2.34. The molecule has 3 aromatic rings. The van der Waals surface area contributed by atoms with Crippen LogP contribution in [-0.4, -0.2) is 29.6 Å². The number of ether oxygens (including phenoxy) is 1. The van der Waals surface area contributed by atoms with E-state index in [-0.39, 0.29) is 24.0 Å². The van der Waals surface area contributed by atoms with Gasteiger partial charge in [-0.15, -0.1) is 0 Å². The number of methoxy groups -OCH3 is 1. The number of fused-ring (bicyclic) bond motifs is 1. The van der Waals surface area contributed by atoms with E-state index in [9.17, 15) is 14.4 Å². The highest BCUT2D eigenvalue weighted by Crippen LogP contribution is 2.34. The fraction of sp³-hybridized carbons (Fsp3) is 0.192. The number of Topliss-reactive ketones (excluding diaryl/α,β-unsaturated/α-hetero) is 1. The van der Waals surface area contributed by atoms with Crippen molar-refractivity contribution in [3.63, 3.8) is 0 Å². The van der Waals surface area contributed by atoms with Crippen molar-refractivity contribution in [3.05, 3.63) is 95.1 Å². The van der Waals surface area contributed by atoms with Crippen molar-refractivity contribution in [2.75, 3.05) is 12.4 Å². The molecular formula is C26H24N2O4. The zero-order chi connectivity index (χ0) is 22.7. The van der Waals surface area contributed by atoms with Gasteiger partial charge < -0.3 is 15.0 Å². The summed E-state index contributed by atoms with van der Waals surface area (Å²) in [6.07, 6.45) is 0.0977. The lowest BCUT2D eigenvalue weighted by Gasteiger charge is -2.28. The first kappa shape index (κ1) is 21.3. The van der Waals surface area contributed by atoms with Crippen LogP contribution in [0, 0.1) is 0 Å². The first-order valence-electron chi connectivity index (χ1n) is 10.4. The number of hydrogen-bond donors (Lipinski definition) is 1. The van der Waals surface area contributed by atoms with Crippen LogP contribution in [0.4, 0.5) is 5.69 Å². The van der Waals surface area contributed by atoms with Gasteiger partial charge in [0.15, 0.2) is 5.78 Å². The number of hydrogen-bond acceptors (Lipinski definition) is 4. The predicted molar refractivity (Wildman–Crippen MR) is 122 cm³/mol. The first-order chi connectivity index (χ1) is 15.5. The maximum atomic E-state index is 13.1. The van der Waals surface area contributed by atoms with Crippen LogP contribution >= 0.6 is 0 Å². The van der Waals surface area contributed by atoms with Crippen LogP contribution in [0.15, 0.2) is 72.8 Å². The van der Waals surface area contributed by atoms with Crippen LogP contribution in [0.3, 0.4) is 0 Å². The Labute approximate surface area is 186 Å². The Morgan fingerprint density at radius 1 is 1.00 bits per heavy atom. The van der Waals surface area contributed by atoms with Crippen LogP contribution in [0.2, 0.25) is 0 Å². The number of ketones is 1. The van der Waals surface area contributed by atoms with E-state index in [4.69, 9.17) is 4.74 Å². The molecule has 1 aliphatic rings. The number of benzene rings is 3. The third-order valence-corrected chi connectivity index (χ3v) is 5.68. The van der Waals surface area contributed by atoms with Crippen molar-refractivity contribution in [3.8, 4) is 5.75 Å². The molecule has 0 saturated heterocycles. The zero-order valence-electron chi connectivity index (χ0n) is 18.0. The molecule has 6 heteroatoms. The molecule has 0 aromatic heterocycles. The van der Waals surface area contributed by atoms with E-state index in [0.29, 0.717) is 29.1 Å². The highest BCUT2D eigenvalue weighted by molar-refractivity contribution is 5.99. The summed E-state index contributed by atoms with van der Waals surface area (Å²) in [6.45, 7) is 1.95. The molecule has 2 amide bonds. The molecule has 1 N–H and O–H groups in total. The summed E-state index contributed by atoms with van der Waals surface area (Å²) >= 11 is 0. The van der Waals surface area contributed by atoms with Crippen molar-refractivity contribution in [1.29, 1.82) is 0 Å². The fourth-order valence-electron chi connectivity index (χ4n) is 3.94. The molecule has 3 aromatic carbocycles. The molecule has 32 heavy (non-hydrogen) atoms. The van der Waals surface area contributed by atoms with E-state index in [1.807, 2.05) is 48.5 Å². The molecule has 0 aliphatic carbocycles. The molecule has 1 aliphatic heterocycles. The summed E-state index contributed by atoms with van der Waals surface area (Å²) < 4.78 is 5.25. The molecule has 0 radical (unpaired) electrons. The molecule has 1 atom stereocenters. The topological polar surface area (TPSA) is 75.7 Å². The summed E-state index contributed by atoms with van der Waals surface area (Å²) in [7, 11) is 1.60. The third kappa shape index (κ3) is 4.39. The zero-order valence-corrected chi connectivity index (χ0v) is 18.0. The second-order valence-corrected chi connectivity index (χ2v) is 7.76. The van der Waals surface area contributed by atoms with E-state index < -0.39 is 6.04 Å². The minimum absolute atomic E-state index is 0.0328. The first-order valence-corrected chi connectivity index (χ1v) is 10.4. The monoisotopic (exact) mass is 428 g/mol. The average Bonchev–Trinajstić information content (AvgIpc) is 3.14. The molecule has 0 saturated carbocycles. The number of anilines is 1. The third-order valence-electron chi connectivity index (χ3n) is 5.68. The Hall–Kier alpha value is -3.93. The van der Waals surface area contributed by atoms with E-state index >= 15 is 0 Å². The van der Waals surface area contributed by atoms with Gasteiger partial charge in [0, 0.05) is 23.4 Å². The largest absolute Gasteiger partial charge is 0.497 e. The second-order valence-electron chi connectivity index (χ2n) is 7.76.